The second-order valence-corrected chi connectivity index (χ2v) is 13.9. The number of rotatable bonds is 7. The number of fused-ring (bicyclic) bond motifs is 1. The number of nitrogens with one attached hydrogen (secondary N) is 2. The van der Waals surface area contributed by atoms with E-state index in [-0.39, 0.29) is 30.3 Å². The Balaban J connectivity index is 1.09. The summed E-state index contributed by atoms with van der Waals surface area (Å²) in [6, 6.07) is 4.41. The summed E-state index contributed by atoms with van der Waals surface area (Å²) < 4.78 is 0. The van der Waals surface area contributed by atoms with E-state index in [1.807, 2.05) is 39.1 Å². The Morgan fingerprint density at radius 1 is 1.00 bits per heavy atom. The Kier molecular flexibility index (Phi) is 9.65. The van der Waals surface area contributed by atoms with Gasteiger partial charge in [-0.15, -0.1) is 11.3 Å². The molecular formula is C32H44ClN7O3S. The van der Waals surface area contributed by atoms with Crippen molar-refractivity contribution in [1.82, 2.24) is 24.9 Å². The highest BCUT2D eigenvalue weighted by atomic mass is 35.5. The molecule has 6 rings (SSSR count). The zero-order valence-electron chi connectivity index (χ0n) is 25.5. The third kappa shape index (κ3) is 6.85. The molecule has 0 spiro atoms. The van der Waals surface area contributed by atoms with Crippen molar-refractivity contribution in [2.75, 3.05) is 63.4 Å². The topological polar surface area (TPSA) is 114 Å². The lowest BCUT2D eigenvalue weighted by Gasteiger charge is -2.42. The van der Waals surface area contributed by atoms with Crippen molar-refractivity contribution in [3.05, 3.63) is 44.6 Å². The van der Waals surface area contributed by atoms with Gasteiger partial charge < -0.3 is 31.1 Å². The van der Waals surface area contributed by atoms with Crippen LogP contribution in [-0.4, -0.2) is 102 Å². The quantitative estimate of drug-likeness (QED) is 0.397. The molecule has 4 aliphatic rings. The Morgan fingerprint density at radius 2 is 1.73 bits per heavy atom. The van der Waals surface area contributed by atoms with Crippen LogP contribution in [0.5, 0.6) is 0 Å². The van der Waals surface area contributed by atoms with Gasteiger partial charge in [-0.2, -0.15) is 0 Å². The maximum absolute atomic E-state index is 14.0. The molecule has 10 nitrogen and oxygen atoms in total. The molecule has 1 aromatic heterocycles. The maximum Gasteiger partial charge on any atom is 0.322 e. The number of halogens is 1. The van der Waals surface area contributed by atoms with Crippen LogP contribution in [0, 0.1) is 12.8 Å². The highest BCUT2D eigenvalue weighted by Gasteiger charge is 2.36. The van der Waals surface area contributed by atoms with E-state index < -0.39 is 5.92 Å². The van der Waals surface area contributed by atoms with Crippen LogP contribution in [0.3, 0.4) is 0 Å². The molecule has 0 radical (unpaired) electrons. The maximum atomic E-state index is 14.0. The largest absolute Gasteiger partial charge is 0.397 e. The fraction of sp³-hybridized carbons (Fsp3) is 0.594. The van der Waals surface area contributed by atoms with Gasteiger partial charge in [0.15, 0.2) is 0 Å². The molecule has 4 N–H and O–H groups in total. The highest BCUT2D eigenvalue weighted by Crippen LogP contribution is 2.31. The van der Waals surface area contributed by atoms with Crippen molar-refractivity contribution in [3.63, 3.8) is 0 Å². The molecule has 3 fully saturated rings. The Bertz CT molecular complexity index is 1340. The molecule has 44 heavy (non-hydrogen) atoms. The van der Waals surface area contributed by atoms with Crippen molar-refractivity contribution in [3.8, 4) is 0 Å². The summed E-state index contributed by atoms with van der Waals surface area (Å²) in [6.07, 6.45) is 4.34. The number of hydrogen-bond acceptors (Lipinski definition) is 7. The molecule has 2 aromatic rings. The number of nitrogen functional groups attached to an aromatic ring is 1. The third-order valence-corrected chi connectivity index (χ3v) is 11.0. The lowest BCUT2D eigenvalue weighted by molar-refractivity contribution is -0.143. The number of carbonyl (C=O) groups excluding carboxylic acids is 3. The third-order valence-electron chi connectivity index (χ3n) is 9.94. The predicted molar refractivity (Wildman–Crippen MR) is 175 cm³/mol. The van der Waals surface area contributed by atoms with E-state index in [1.54, 1.807) is 11.3 Å². The van der Waals surface area contributed by atoms with E-state index in [0.29, 0.717) is 55.9 Å². The predicted octanol–water partition coefficient (Wildman–Crippen LogP) is 3.78. The van der Waals surface area contributed by atoms with Gasteiger partial charge in [0.05, 0.1) is 28.9 Å². The number of nitrogens with two attached hydrogens (primary N) is 1. The average molecular weight is 642 g/mol. The molecule has 0 saturated carbocycles. The number of urea groups is 1. The summed E-state index contributed by atoms with van der Waals surface area (Å²) in [5.41, 5.74) is 10.5. The first-order valence-electron chi connectivity index (χ1n) is 16.0. The van der Waals surface area contributed by atoms with Gasteiger partial charge >= 0.3 is 6.03 Å². The second kappa shape index (κ2) is 13.6. The van der Waals surface area contributed by atoms with Gasteiger partial charge in [-0.25, -0.2) is 4.79 Å². The Labute approximate surface area is 268 Å². The Hall–Kier alpha value is -2.86. The number of nitrogens with zero attached hydrogens (tertiary/aromatic N) is 4. The molecule has 5 heterocycles. The van der Waals surface area contributed by atoms with E-state index in [4.69, 9.17) is 17.3 Å². The van der Waals surface area contributed by atoms with Gasteiger partial charge in [-0.3, -0.25) is 14.5 Å². The van der Waals surface area contributed by atoms with Crippen molar-refractivity contribution >= 4 is 52.2 Å². The molecule has 3 saturated heterocycles. The number of amides is 4. The zero-order valence-corrected chi connectivity index (χ0v) is 27.1. The van der Waals surface area contributed by atoms with Crippen LogP contribution in [0.4, 0.5) is 16.2 Å². The molecular weight excluding hydrogens is 598 g/mol. The van der Waals surface area contributed by atoms with Crippen LogP contribution in [-0.2, 0) is 22.6 Å². The Morgan fingerprint density at radius 3 is 2.43 bits per heavy atom. The SMILES string of the molecule is Cc1cc(C[C@@H](CC(=O)N2CCC(N3Cc4cscc4NC3=O)CC2)C(=O)N2CCN(C3CCNCC3)CC2)cc(Cl)c1N. The molecule has 0 aliphatic carbocycles. The van der Waals surface area contributed by atoms with Gasteiger partial charge in [-0.05, 0) is 74.7 Å². The van der Waals surface area contributed by atoms with Crippen molar-refractivity contribution in [1.29, 1.82) is 0 Å². The first kappa shape index (κ1) is 31.1. The van der Waals surface area contributed by atoms with E-state index in [2.05, 4.69) is 20.9 Å². The smallest absolute Gasteiger partial charge is 0.322 e. The molecule has 1 aromatic carbocycles. The first-order chi connectivity index (χ1) is 21.3. The monoisotopic (exact) mass is 641 g/mol. The molecule has 4 amide bonds. The molecule has 12 heteroatoms. The number of piperazine rings is 1. The summed E-state index contributed by atoms with van der Waals surface area (Å²) >= 11 is 8.01. The summed E-state index contributed by atoms with van der Waals surface area (Å²) in [5.74, 6) is -0.438. The normalized spacial score (nSPS) is 21.2. The van der Waals surface area contributed by atoms with Crippen LogP contribution in [0.25, 0.3) is 0 Å². The van der Waals surface area contributed by atoms with Crippen LogP contribution in [0.15, 0.2) is 22.9 Å². The fourth-order valence-corrected chi connectivity index (χ4v) is 8.34. The molecule has 238 valence electrons. The number of hydrogen-bond donors (Lipinski definition) is 3. The minimum absolute atomic E-state index is 0.00313. The standard InChI is InChI=1S/C32H44ClN7O3S/c1-21-14-22(16-27(33)30(21)34)15-23(31(42)39-12-10-37(11-13-39)25-2-6-35-7-3-25)17-29(41)38-8-4-26(5-9-38)40-18-24-19-44-20-28(24)36-32(40)43/h14,16,19-20,23,25-26,35H,2-13,15,17-18,34H2,1H3,(H,36,43)/t23-/m0/s1. The van der Waals surface area contributed by atoms with E-state index in [9.17, 15) is 14.4 Å². The lowest BCUT2D eigenvalue weighted by atomic mass is 9.92. The van der Waals surface area contributed by atoms with Gasteiger partial charge in [0.1, 0.15) is 0 Å². The molecule has 0 unspecified atom stereocenters. The zero-order chi connectivity index (χ0) is 30.8. The first-order valence-corrected chi connectivity index (χ1v) is 17.3. The van der Waals surface area contributed by atoms with Crippen LogP contribution in [0.1, 0.15) is 48.8 Å². The summed E-state index contributed by atoms with van der Waals surface area (Å²) in [4.78, 5) is 48.8. The number of thiophene rings is 1. The van der Waals surface area contributed by atoms with Gasteiger partial charge in [-0.1, -0.05) is 17.7 Å². The van der Waals surface area contributed by atoms with Crippen molar-refractivity contribution in [2.24, 2.45) is 5.92 Å². The van der Waals surface area contributed by atoms with Gasteiger partial charge in [0, 0.05) is 68.7 Å². The molecule has 4 aliphatic heterocycles. The number of aryl methyl sites for hydroxylation is 1. The minimum Gasteiger partial charge on any atom is -0.397 e. The van der Waals surface area contributed by atoms with Crippen LogP contribution < -0.4 is 16.4 Å². The van der Waals surface area contributed by atoms with Crippen LogP contribution in [0.2, 0.25) is 5.02 Å². The average Bonchev–Trinajstić information content (AvgIpc) is 3.50. The van der Waals surface area contributed by atoms with E-state index in [1.165, 1.54) is 0 Å². The summed E-state index contributed by atoms with van der Waals surface area (Å²) in [6.45, 7) is 8.88. The molecule has 0 bridgehead atoms. The van der Waals surface area contributed by atoms with E-state index >= 15 is 0 Å². The highest BCUT2D eigenvalue weighted by molar-refractivity contribution is 7.08. The number of benzene rings is 1. The number of piperidine rings is 2. The van der Waals surface area contributed by atoms with Gasteiger partial charge in [0.25, 0.3) is 0 Å². The molecule has 1 atom stereocenters. The van der Waals surface area contributed by atoms with Gasteiger partial charge in [0.2, 0.25) is 11.8 Å². The summed E-state index contributed by atoms with van der Waals surface area (Å²) in [5, 5.41) is 11.0. The summed E-state index contributed by atoms with van der Waals surface area (Å²) in [7, 11) is 0. The fourth-order valence-electron chi connectivity index (χ4n) is 7.27. The van der Waals surface area contributed by atoms with Crippen molar-refractivity contribution in [2.45, 2.75) is 64.1 Å². The number of likely N-dealkylation sites (tertiary alicyclic amines) is 1. The van der Waals surface area contributed by atoms with Crippen molar-refractivity contribution < 1.29 is 14.4 Å². The number of anilines is 2. The van der Waals surface area contributed by atoms with E-state index in [0.717, 1.165) is 74.2 Å². The second-order valence-electron chi connectivity index (χ2n) is 12.7. The minimum atomic E-state index is -0.477. The number of carbonyl (C=O) groups is 3. The van der Waals surface area contributed by atoms with Crippen LogP contribution >= 0.6 is 22.9 Å². The lowest BCUT2D eigenvalue weighted by Crippen LogP contribution is -2.55.